The molecule has 37 heavy (non-hydrogen) atoms. The summed E-state index contributed by atoms with van der Waals surface area (Å²) in [6.07, 6.45) is 2.38. The maximum Gasteiger partial charge on any atom is 0.243 e. The topological polar surface area (TPSA) is 58.6 Å². The summed E-state index contributed by atoms with van der Waals surface area (Å²) >= 11 is 1.56. The lowest BCUT2D eigenvalue weighted by Gasteiger charge is -2.31. The van der Waals surface area contributed by atoms with Crippen LogP contribution in [0.5, 0.6) is 5.75 Å². The Morgan fingerprint density at radius 1 is 0.919 bits per heavy atom. The second-order valence-corrected chi connectivity index (χ2v) is 10.2. The van der Waals surface area contributed by atoms with Gasteiger partial charge in [0.25, 0.3) is 0 Å². The molecule has 0 unspecified atom stereocenters. The van der Waals surface area contributed by atoms with Gasteiger partial charge in [0.05, 0.1) is 12.9 Å². The van der Waals surface area contributed by atoms with Crippen LogP contribution in [-0.4, -0.2) is 42.2 Å². The zero-order chi connectivity index (χ0) is 26.5. The molecule has 196 valence electrons. The number of aryl methyl sites for hydroxylation is 1. The summed E-state index contributed by atoms with van der Waals surface area (Å²) < 4.78 is 5.23. The molecule has 1 N–H and O–H groups in total. The van der Waals surface area contributed by atoms with Gasteiger partial charge in [-0.15, -0.1) is 11.8 Å². The van der Waals surface area contributed by atoms with Crippen LogP contribution in [-0.2, 0) is 28.3 Å². The lowest BCUT2D eigenvalue weighted by Crippen LogP contribution is -2.51. The Morgan fingerprint density at radius 3 is 2.24 bits per heavy atom. The molecule has 0 spiro atoms. The zero-order valence-electron chi connectivity index (χ0n) is 22.1. The maximum atomic E-state index is 13.7. The third-order valence-corrected chi connectivity index (χ3v) is 7.22. The van der Waals surface area contributed by atoms with E-state index in [-0.39, 0.29) is 11.8 Å². The average Bonchev–Trinajstić information content (AvgIpc) is 2.92. The van der Waals surface area contributed by atoms with Crippen LogP contribution < -0.4 is 10.1 Å². The highest BCUT2D eigenvalue weighted by atomic mass is 32.2. The minimum Gasteiger partial charge on any atom is -0.497 e. The van der Waals surface area contributed by atoms with Gasteiger partial charge >= 0.3 is 0 Å². The number of rotatable bonds is 14. The van der Waals surface area contributed by atoms with Crippen LogP contribution in [0.3, 0.4) is 0 Å². The minimum absolute atomic E-state index is 0.0364. The van der Waals surface area contributed by atoms with Crippen LogP contribution in [0.4, 0.5) is 0 Å². The summed E-state index contributed by atoms with van der Waals surface area (Å²) in [5, 5.41) is 3.08. The van der Waals surface area contributed by atoms with E-state index in [0.717, 1.165) is 40.8 Å². The standard InChI is InChI=1S/C31H38N2O3S/c1-4-5-19-32-31(35)29(20-25-9-7-6-8-10-25)33(21-26-13-11-24(2)12-14-26)30(34)23-37-22-27-15-17-28(36-3)18-16-27/h6-18,29H,4-5,19-23H2,1-3H3,(H,32,35)/t29-/m1/s1. The molecule has 0 saturated carbocycles. The molecule has 1 atom stereocenters. The fourth-order valence-electron chi connectivity index (χ4n) is 4.01. The van der Waals surface area contributed by atoms with E-state index in [1.54, 1.807) is 23.8 Å². The molecule has 0 aliphatic heterocycles. The highest BCUT2D eigenvalue weighted by Crippen LogP contribution is 2.20. The highest BCUT2D eigenvalue weighted by Gasteiger charge is 2.30. The number of nitrogens with zero attached hydrogens (tertiary/aromatic N) is 1. The summed E-state index contributed by atoms with van der Waals surface area (Å²) in [5.74, 6) is 1.68. The lowest BCUT2D eigenvalue weighted by molar-refractivity contribution is -0.139. The number of amides is 2. The second kappa shape index (κ2) is 15.1. The first-order valence-electron chi connectivity index (χ1n) is 12.9. The Hall–Kier alpha value is -3.25. The largest absolute Gasteiger partial charge is 0.497 e. The number of nitrogens with one attached hydrogen (secondary N) is 1. The summed E-state index contributed by atoms with van der Waals surface area (Å²) in [5.41, 5.74) is 4.33. The van der Waals surface area contributed by atoms with Crippen LogP contribution in [0.1, 0.15) is 42.0 Å². The number of carbonyl (C=O) groups is 2. The molecule has 3 aromatic rings. The molecule has 0 bridgehead atoms. The van der Waals surface area contributed by atoms with E-state index < -0.39 is 6.04 Å². The molecule has 0 heterocycles. The predicted octanol–water partition coefficient (Wildman–Crippen LogP) is 5.79. The van der Waals surface area contributed by atoms with Gasteiger partial charge in [-0.3, -0.25) is 9.59 Å². The zero-order valence-corrected chi connectivity index (χ0v) is 22.9. The molecule has 0 aliphatic rings. The first kappa shape index (κ1) is 28.3. The molecule has 6 heteroatoms. The van der Waals surface area contributed by atoms with Gasteiger partial charge < -0.3 is 15.0 Å². The van der Waals surface area contributed by atoms with Crippen LogP contribution in [0.25, 0.3) is 0 Å². The first-order chi connectivity index (χ1) is 18.0. The molecule has 0 aromatic heterocycles. The second-order valence-electron chi connectivity index (χ2n) is 9.20. The van der Waals surface area contributed by atoms with Crippen LogP contribution in [0.15, 0.2) is 78.9 Å². The number of thioether (sulfide) groups is 1. The van der Waals surface area contributed by atoms with E-state index in [0.29, 0.717) is 31.0 Å². The van der Waals surface area contributed by atoms with Gasteiger partial charge in [0, 0.05) is 25.3 Å². The Kier molecular flexibility index (Phi) is 11.6. The molecule has 5 nitrogen and oxygen atoms in total. The van der Waals surface area contributed by atoms with Crippen molar-refractivity contribution in [1.29, 1.82) is 0 Å². The van der Waals surface area contributed by atoms with Gasteiger partial charge in [-0.2, -0.15) is 0 Å². The van der Waals surface area contributed by atoms with E-state index in [9.17, 15) is 9.59 Å². The van der Waals surface area contributed by atoms with Gasteiger partial charge in [-0.1, -0.05) is 85.6 Å². The molecular weight excluding hydrogens is 480 g/mol. The van der Waals surface area contributed by atoms with Crippen molar-refractivity contribution in [3.63, 3.8) is 0 Å². The summed E-state index contributed by atoms with van der Waals surface area (Å²) in [6, 6.07) is 25.4. The van der Waals surface area contributed by atoms with Crippen molar-refractivity contribution in [2.75, 3.05) is 19.4 Å². The minimum atomic E-state index is -0.588. The average molecular weight is 519 g/mol. The van der Waals surface area contributed by atoms with Gasteiger partial charge in [0.1, 0.15) is 11.8 Å². The van der Waals surface area contributed by atoms with Gasteiger partial charge in [-0.05, 0) is 42.2 Å². The monoisotopic (exact) mass is 518 g/mol. The van der Waals surface area contributed by atoms with Crippen molar-refractivity contribution < 1.29 is 14.3 Å². The van der Waals surface area contributed by atoms with Crippen LogP contribution >= 0.6 is 11.8 Å². The van der Waals surface area contributed by atoms with E-state index in [2.05, 4.69) is 12.2 Å². The highest BCUT2D eigenvalue weighted by molar-refractivity contribution is 7.99. The molecule has 2 amide bonds. The van der Waals surface area contributed by atoms with Gasteiger partial charge in [0.2, 0.25) is 11.8 Å². The Balaban J connectivity index is 1.80. The molecule has 0 radical (unpaired) electrons. The molecule has 3 rings (SSSR count). The van der Waals surface area contributed by atoms with E-state index in [4.69, 9.17) is 4.74 Å². The smallest absolute Gasteiger partial charge is 0.243 e. The number of carbonyl (C=O) groups excluding carboxylic acids is 2. The molecule has 0 aliphatic carbocycles. The normalized spacial score (nSPS) is 11.5. The van der Waals surface area contributed by atoms with Crippen LogP contribution in [0, 0.1) is 6.92 Å². The van der Waals surface area contributed by atoms with E-state index >= 15 is 0 Å². The predicted molar refractivity (Wildman–Crippen MR) is 153 cm³/mol. The van der Waals surface area contributed by atoms with Gasteiger partial charge in [-0.25, -0.2) is 0 Å². The fraction of sp³-hybridized carbons (Fsp3) is 0.355. The summed E-state index contributed by atoms with van der Waals surface area (Å²) in [7, 11) is 1.65. The van der Waals surface area contributed by atoms with Crippen molar-refractivity contribution in [2.45, 2.75) is 51.4 Å². The number of hydrogen-bond acceptors (Lipinski definition) is 4. The van der Waals surface area contributed by atoms with Crippen molar-refractivity contribution >= 4 is 23.6 Å². The Morgan fingerprint density at radius 2 is 1.59 bits per heavy atom. The molecule has 0 saturated heterocycles. The number of methoxy groups -OCH3 is 1. The Labute approximate surface area is 225 Å². The number of ether oxygens (including phenoxy) is 1. The van der Waals surface area contributed by atoms with Gasteiger partial charge in [0.15, 0.2) is 0 Å². The molecule has 0 fully saturated rings. The van der Waals surface area contributed by atoms with Crippen molar-refractivity contribution in [3.05, 3.63) is 101 Å². The van der Waals surface area contributed by atoms with Crippen LogP contribution in [0.2, 0.25) is 0 Å². The third-order valence-electron chi connectivity index (χ3n) is 6.23. The summed E-state index contributed by atoms with van der Waals surface area (Å²) in [6.45, 7) is 5.14. The third kappa shape index (κ3) is 9.29. The number of hydrogen-bond donors (Lipinski definition) is 1. The van der Waals surface area contributed by atoms with Crippen molar-refractivity contribution in [2.24, 2.45) is 0 Å². The number of unbranched alkanes of at least 4 members (excludes halogenated alkanes) is 1. The van der Waals surface area contributed by atoms with E-state index in [1.165, 1.54) is 0 Å². The quantitative estimate of drug-likeness (QED) is 0.274. The first-order valence-corrected chi connectivity index (χ1v) is 14.0. The number of benzene rings is 3. The fourth-order valence-corrected chi connectivity index (χ4v) is 4.88. The lowest BCUT2D eigenvalue weighted by atomic mass is 10.0. The summed E-state index contributed by atoms with van der Waals surface area (Å²) in [4.78, 5) is 28.9. The molecular formula is C31H38N2O3S. The van der Waals surface area contributed by atoms with Crippen molar-refractivity contribution in [3.8, 4) is 5.75 Å². The molecule has 3 aromatic carbocycles. The Bertz CT molecular complexity index is 1100. The maximum absolute atomic E-state index is 13.7. The van der Waals surface area contributed by atoms with Crippen molar-refractivity contribution in [1.82, 2.24) is 10.2 Å². The van der Waals surface area contributed by atoms with E-state index in [1.807, 2.05) is 85.8 Å². The SMILES string of the molecule is CCCCNC(=O)[C@@H](Cc1ccccc1)N(Cc1ccc(C)cc1)C(=O)CSCc1ccc(OC)cc1.